The maximum Gasteiger partial charge on any atom is 0.336 e. The average molecular weight is 524 g/mol. The van der Waals surface area contributed by atoms with Gasteiger partial charge in [-0.1, -0.05) is 79.5 Å². The van der Waals surface area contributed by atoms with Crippen LogP contribution in [0.1, 0.15) is 52.1 Å². The first-order valence-corrected chi connectivity index (χ1v) is 12.8. The number of carbonyl (C=O) groups is 2. The van der Waals surface area contributed by atoms with Crippen LogP contribution in [0, 0.1) is 0 Å². The highest BCUT2D eigenvalue weighted by atomic mass is 35.5. The second-order valence-electron chi connectivity index (χ2n) is 9.08. The van der Waals surface area contributed by atoms with Crippen molar-refractivity contribution in [3.05, 3.63) is 113 Å². The van der Waals surface area contributed by atoms with Gasteiger partial charge in [0.25, 0.3) is 5.91 Å². The third kappa shape index (κ3) is 5.17. The maximum absolute atomic E-state index is 13.2. The van der Waals surface area contributed by atoms with Gasteiger partial charge in [0.2, 0.25) is 0 Å². The highest BCUT2D eigenvalue weighted by molar-refractivity contribution is 6.31. The molecule has 0 saturated carbocycles. The lowest BCUT2D eigenvalue weighted by Crippen LogP contribution is -2.28. The quantitative estimate of drug-likeness (QED) is 0.196. The van der Waals surface area contributed by atoms with Crippen LogP contribution in [0.5, 0.6) is 0 Å². The van der Waals surface area contributed by atoms with E-state index in [9.17, 15) is 14.7 Å². The van der Waals surface area contributed by atoms with Gasteiger partial charge in [-0.25, -0.2) is 9.78 Å². The molecule has 1 aromatic heterocycles. The number of rotatable bonds is 8. The second-order valence-corrected chi connectivity index (χ2v) is 9.52. The number of halogens is 1. The zero-order valence-corrected chi connectivity index (χ0v) is 21.5. The number of hydrogen-bond donors (Lipinski definition) is 3. The first kappa shape index (κ1) is 25.2. The van der Waals surface area contributed by atoms with Crippen LogP contribution in [0.3, 0.4) is 0 Å². The van der Waals surface area contributed by atoms with Gasteiger partial charge in [0.05, 0.1) is 22.6 Å². The maximum atomic E-state index is 13.2. The number of aromatic amines is 1. The van der Waals surface area contributed by atoms with E-state index in [1.54, 1.807) is 30.3 Å². The topological polar surface area (TPSA) is 95.1 Å². The fourth-order valence-electron chi connectivity index (χ4n) is 4.66. The second kappa shape index (κ2) is 10.9. The van der Waals surface area contributed by atoms with E-state index >= 15 is 0 Å². The monoisotopic (exact) mass is 523 g/mol. The minimum atomic E-state index is -1.13. The van der Waals surface area contributed by atoms with Crippen LogP contribution in [0.2, 0.25) is 5.02 Å². The molecule has 6 nitrogen and oxygen atoms in total. The molecule has 1 heterocycles. The van der Waals surface area contributed by atoms with E-state index in [1.807, 2.05) is 54.6 Å². The Morgan fingerprint density at radius 2 is 1.66 bits per heavy atom. The predicted octanol–water partition coefficient (Wildman–Crippen LogP) is 7.52. The fraction of sp³-hybridized carbons (Fsp3) is 0.129. The Kier molecular flexibility index (Phi) is 7.24. The van der Waals surface area contributed by atoms with Gasteiger partial charge in [0.15, 0.2) is 0 Å². The number of carboxylic acid groups (broad SMARTS) is 1. The molecular formula is C31H26ClN3O3. The van der Waals surface area contributed by atoms with E-state index < -0.39 is 5.97 Å². The number of benzene rings is 4. The van der Waals surface area contributed by atoms with Gasteiger partial charge in [-0.3, -0.25) is 4.79 Å². The van der Waals surface area contributed by atoms with Crippen molar-refractivity contribution in [1.82, 2.24) is 15.3 Å². The molecule has 7 heteroatoms. The van der Waals surface area contributed by atoms with Crippen molar-refractivity contribution in [2.75, 3.05) is 0 Å². The molecule has 0 aliphatic heterocycles. The lowest BCUT2D eigenvalue weighted by Gasteiger charge is -2.19. The van der Waals surface area contributed by atoms with Crippen LogP contribution >= 0.6 is 11.6 Å². The van der Waals surface area contributed by atoms with Crippen LogP contribution in [-0.2, 0) is 0 Å². The van der Waals surface area contributed by atoms with Crippen molar-refractivity contribution in [2.24, 2.45) is 0 Å². The minimum absolute atomic E-state index is 0.0177. The van der Waals surface area contributed by atoms with Crippen LogP contribution < -0.4 is 5.32 Å². The van der Waals surface area contributed by atoms with Gasteiger partial charge < -0.3 is 15.4 Å². The Balaban J connectivity index is 1.54. The van der Waals surface area contributed by atoms with E-state index in [1.165, 1.54) is 6.07 Å². The van der Waals surface area contributed by atoms with Crippen molar-refractivity contribution in [3.63, 3.8) is 0 Å². The van der Waals surface area contributed by atoms with Crippen molar-refractivity contribution >= 4 is 34.5 Å². The smallest absolute Gasteiger partial charge is 0.336 e. The number of aromatic nitrogens is 2. The summed E-state index contributed by atoms with van der Waals surface area (Å²) in [6.45, 7) is 2.06. The minimum Gasteiger partial charge on any atom is -0.478 e. The summed E-state index contributed by atoms with van der Waals surface area (Å²) in [4.78, 5) is 33.6. The number of carboxylic acids is 1. The standard InChI is InChI=1S/C31H26ClN3O3/c1-2-8-26(19-9-4-3-5-10-19)35-30(36)20-13-15-23(25(17-20)31(37)38)22-16-14-21(32)18-24(22)29-33-27-11-6-7-12-28(27)34-29/h3-7,9-18,26H,2,8H2,1H3,(H,33,34)(H,35,36)(H,37,38)/t26-/m1/s1. The lowest BCUT2D eigenvalue weighted by molar-refractivity contribution is 0.0697. The van der Waals surface area contributed by atoms with Crippen molar-refractivity contribution in [2.45, 2.75) is 25.8 Å². The molecule has 0 aliphatic rings. The molecule has 0 spiro atoms. The first-order valence-electron chi connectivity index (χ1n) is 12.4. The Labute approximate surface area is 225 Å². The molecule has 5 aromatic rings. The van der Waals surface area contributed by atoms with Crippen LogP contribution in [0.4, 0.5) is 0 Å². The van der Waals surface area contributed by atoms with Crippen LogP contribution in [-0.4, -0.2) is 27.0 Å². The summed E-state index contributed by atoms with van der Waals surface area (Å²) in [5.74, 6) is -0.879. The molecule has 1 amide bonds. The lowest BCUT2D eigenvalue weighted by atomic mass is 9.93. The largest absolute Gasteiger partial charge is 0.478 e. The fourth-order valence-corrected chi connectivity index (χ4v) is 4.83. The summed E-state index contributed by atoms with van der Waals surface area (Å²) in [7, 11) is 0. The van der Waals surface area contributed by atoms with Gasteiger partial charge in [-0.15, -0.1) is 0 Å². The Morgan fingerprint density at radius 1 is 0.921 bits per heavy atom. The molecule has 0 unspecified atom stereocenters. The highest BCUT2D eigenvalue weighted by Gasteiger charge is 2.21. The summed E-state index contributed by atoms with van der Waals surface area (Å²) in [5, 5.41) is 13.7. The number of fused-ring (bicyclic) bond motifs is 1. The molecule has 0 fully saturated rings. The van der Waals surface area contributed by atoms with Crippen molar-refractivity contribution in [1.29, 1.82) is 0 Å². The number of carbonyl (C=O) groups excluding carboxylic acids is 1. The van der Waals surface area contributed by atoms with E-state index in [4.69, 9.17) is 11.6 Å². The van der Waals surface area contributed by atoms with Crippen molar-refractivity contribution in [3.8, 4) is 22.5 Å². The van der Waals surface area contributed by atoms with Gasteiger partial charge >= 0.3 is 5.97 Å². The molecule has 5 rings (SSSR count). The normalized spacial score (nSPS) is 11.8. The first-order chi connectivity index (χ1) is 18.4. The number of aromatic carboxylic acids is 1. The average Bonchev–Trinajstić information content (AvgIpc) is 3.37. The molecular weight excluding hydrogens is 498 g/mol. The number of nitrogens with one attached hydrogen (secondary N) is 2. The molecule has 0 radical (unpaired) electrons. The molecule has 0 aliphatic carbocycles. The van der Waals surface area contributed by atoms with Gasteiger partial charge in [-0.05, 0) is 59.5 Å². The zero-order valence-electron chi connectivity index (χ0n) is 20.7. The van der Waals surface area contributed by atoms with Gasteiger partial charge in [0, 0.05) is 16.1 Å². The van der Waals surface area contributed by atoms with Gasteiger partial charge in [0.1, 0.15) is 5.82 Å². The predicted molar refractivity (Wildman–Crippen MR) is 150 cm³/mol. The number of H-pyrrole nitrogens is 1. The number of nitrogens with zero attached hydrogens (tertiary/aromatic N) is 1. The number of amides is 1. The Hall–Kier alpha value is -4.42. The molecule has 3 N–H and O–H groups in total. The summed E-state index contributed by atoms with van der Waals surface area (Å²) < 4.78 is 0. The number of hydrogen-bond acceptors (Lipinski definition) is 3. The Morgan fingerprint density at radius 3 is 2.39 bits per heavy atom. The summed E-state index contributed by atoms with van der Waals surface area (Å²) >= 11 is 6.34. The summed E-state index contributed by atoms with van der Waals surface area (Å²) in [6.07, 6.45) is 1.66. The van der Waals surface area contributed by atoms with Crippen molar-refractivity contribution < 1.29 is 14.7 Å². The molecule has 0 bridgehead atoms. The van der Waals surface area contributed by atoms with Crippen LogP contribution in [0.15, 0.2) is 91.0 Å². The number of imidazole rings is 1. The third-order valence-electron chi connectivity index (χ3n) is 6.51. The molecule has 1 atom stereocenters. The zero-order chi connectivity index (χ0) is 26.6. The van der Waals surface area contributed by atoms with E-state index in [2.05, 4.69) is 22.2 Å². The summed E-state index contributed by atoms with van der Waals surface area (Å²) in [6, 6.07) is 27.2. The highest BCUT2D eigenvalue weighted by Crippen LogP contribution is 2.36. The molecule has 38 heavy (non-hydrogen) atoms. The number of para-hydroxylation sites is 2. The van der Waals surface area contributed by atoms with E-state index in [-0.39, 0.29) is 23.1 Å². The molecule has 4 aromatic carbocycles. The van der Waals surface area contributed by atoms with E-state index in [0.29, 0.717) is 27.5 Å². The van der Waals surface area contributed by atoms with E-state index in [0.717, 1.165) is 29.4 Å². The van der Waals surface area contributed by atoms with Crippen LogP contribution in [0.25, 0.3) is 33.5 Å². The molecule has 190 valence electrons. The Bertz CT molecular complexity index is 1600. The summed E-state index contributed by atoms with van der Waals surface area (Å²) in [5.41, 5.74) is 4.74. The SMILES string of the molecule is CCC[C@@H](NC(=O)c1ccc(-c2ccc(Cl)cc2-c2nc3ccccc3[nH]2)c(C(=O)O)c1)c1ccccc1. The third-order valence-corrected chi connectivity index (χ3v) is 6.75. The van der Waals surface area contributed by atoms with Gasteiger partial charge in [-0.2, -0.15) is 0 Å². The molecule has 0 saturated heterocycles.